The van der Waals surface area contributed by atoms with E-state index in [2.05, 4.69) is 10.3 Å². The molecule has 0 saturated carbocycles. The fraction of sp³-hybridized carbons (Fsp3) is 0.143. The Morgan fingerprint density at radius 3 is 2.64 bits per heavy atom. The van der Waals surface area contributed by atoms with E-state index in [9.17, 15) is 4.79 Å². The van der Waals surface area contributed by atoms with E-state index in [4.69, 9.17) is 27.9 Å². The number of hydrogen-bond acceptors (Lipinski definition) is 3. The van der Waals surface area contributed by atoms with Crippen LogP contribution in [-0.2, 0) is 11.8 Å². The van der Waals surface area contributed by atoms with Crippen molar-refractivity contribution in [1.82, 2.24) is 14.9 Å². The summed E-state index contributed by atoms with van der Waals surface area (Å²) >= 11 is 12.1. The predicted molar refractivity (Wildman–Crippen MR) is 110 cm³/mol. The van der Waals surface area contributed by atoms with Gasteiger partial charge in [0.1, 0.15) is 24.2 Å². The van der Waals surface area contributed by atoms with Gasteiger partial charge in [0.2, 0.25) is 0 Å². The Labute approximate surface area is 172 Å². The van der Waals surface area contributed by atoms with Crippen molar-refractivity contribution >= 4 is 35.2 Å². The average molecular weight is 414 g/mol. The van der Waals surface area contributed by atoms with Gasteiger partial charge in [-0.05, 0) is 42.0 Å². The molecule has 28 heavy (non-hydrogen) atoms. The molecule has 4 rings (SSSR count). The second-order valence-corrected chi connectivity index (χ2v) is 7.37. The van der Waals surface area contributed by atoms with E-state index in [1.54, 1.807) is 42.6 Å². The van der Waals surface area contributed by atoms with E-state index in [0.717, 1.165) is 17.0 Å². The molecule has 5 nitrogen and oxygen atoms in total. The smallest absolute Gasteiger partial charge is 0.251 e. The lowest BCUT2D eigenvalue weighted by Gasteiger charge is -2.22. The van der Waals surface area contributed by atoms with Crippen LogP contribution >= 0.6 is 23.2 Å². The summed E-state index contributed by atoms with van der Waals surface area (Å²) in [6.45, 7) is 0.189. The van der Waals surface area contributed by atoms with Crippen LogP contribution in [0.15, 0.2) is 60.4 Å². The summed E-state index contributed by atoms with van der Waals surface area (Å²) in [7, 11) is 1.89. The first-order valence-corrected chi connectivity index (χ1v) is 9.43. The van der Waals surface area contributed by atoms with Crippen molar-refractivity contribution in [1.29, 1.82) is 0 Å². The molecule has 142 valence electrons. The fourth-order valence-corrected chi connectivity index (χ4v) is 3.42. The minimum atomic E-state index is -0.425. The number of nitrogens with one attached hydrogen (secondary N) is 1. The molecule has 2 aromatic carbocycles. The SMILES string of the molecule is Cn1ccnc1[C@@H](NC(=O)C1=Cc2cc(Cl)ccc2OC1)c1ccc(Cl)cc1. The predicted octanol–water partition coefficient (Wildman–Crippen LogP) is 4.41. The molecule has 3 aromatic rings. The number of amides is 1. The Hall–Kier alpha value is -2.76. The van der Waals surface area contributed by atoms with Crippen LogP contribution in [-0.4, -0.2) is 22.1 Å². The summed E-state index contributed by atoms with van der Waals surface area (Å²) in [5.74, 6) is 1.20. The van der Waals surface area contributed by atoms with Gasteiger partial charge in [-0.3, -0.25) is 4.79 Å². The number of carbonyl (C=O) groups excluding carboxylic acids is 1. The van der Waals surface area contributed by atoms with Gasteiger partial charge in [0.25, 0.3) is 5.91 Å². The normalized spacial score (nSPS) is 13.9. The number of benzene rings is 2. The van der Waals surface area contributed by atoms with E-state index in [0.29, 0.717) is 21.4 Å². The number of aromatic nitrogens is 2. The van der Waals surface area contributed by atoms with Gasteiger partial charge in [-0.25, -0.2) is 4.98 Å². The molecule has 2 heterocycles. The summed E-state index contributed by atoms with van der Waals surface area (Å²) in [6.07, 6.45) is 5.34. The van der Waals surface area contributed by atoms with Crippen LogP contribution in [0.25, 0.3) is 6.08 Å². The molecule has 0 spiro atoms. The number of fused-ring (bicyclic) bond motifs is 1. The minimum Gasteiger partial charge on any atom is -0.488 e. The number of imidazole rings is 1. The third kappa shape index (κ3) is 3.77. The Balaban J connectivity index is 1.65. The number of aryl methyl sites for hydroxylation is 1. The maximum atomic E-state index is 13.0. The highest BCUT2D eigenvalue weighted by Gasteiger charge is 2.24. The molecule has 0 fully saturated rings. The highest BCUT2D eigenvalue weighted by Crippen LogP contribution is 2.30. The van der Waals surface area contributed by atoms with Crippen molar-refractivity contribution in [2.45, 2.75) is 6.04 Å². The molecule has 0 radical (unpaired) electrons. The molecular formula is C21H17Cl2N3O2. The number of rotatable bonds is 4. The van der Waals surface area contributed by atoms with Crippen LogP contribution in [0.1, 0.15) is 23.0 Å². The van der Waals surface area contributed by atoms with Crippen LogP contribution in [0, 0.1) is 0 Å². The topological polar surface area (TPSA) is 56.2 Å². The van der Waals surface area contributed by atoms with E-state index in [-0.39, 0.29) is 12.5 Å². The molecular weight excluding hydrogens is 397 g/mol. The van der Waals surface area contributed by atoms with Crippen LogP contribution < -0.4 is 10.1 Å². The van der Waals surface area contributed by atoms with Gasteiger partial charge in [0, 0.05) is 35.1 Å². The van der Waals surface area contributed by atoms with E-state index < -0.39 is 6.04 Å². The number of hydrogen-bond donors (Lipinski definition) is 1. The van der Waals surface area contributed by atoms with Crippen LogP contribution in [0.2, 0.25) is 10.0 Å². The average Bonchev–Trinajstić information content (AvgIpc) is 3.11. The molecule has 1 amide bonds. The van der Waals surface area contributed by atoms with Crippen molar-refractivity contribution in [3.8, 4) is 5.75 Å². The first-order chi connectivity index (χ1) is 13.5. The number of ether oxygens (including phenoxy) is 1. The zero-order valence-corrected chi connectivity index (χ0v) is 16.5. The molecule has 1 atom stereocenters. The van der Waals surface area contributed by atoms with Crippen molar-refractivity contribution in [2.75, 3.05) is 6.61 Å². The molecule has 0 aliphatic carbocycles. The van der Waals surface area contributed by atoms with Crippen molar-refractivity contribution in [3.05, 3.63) is 87.4 Å². The molecule has 0 saturated heterocycles. The summed E-state index contributed by atoms with van der Waals surface area (Å²) in [4.78, 5) is 17.4. The fourth-order valence-electron chi connectivity index (χ4n) is 3.11. The zero-order chi connectivity index (χ0) is 19.7. The largest absolute Gasteiger partial charge is 0.488 e. The zero-order valence-electron chi connectivity index (χ0n) is 15.0. The summed E-state index contributed by atoms with van der Waals surface area (Å²) in [6, 6.07) is 12.3. The second-order valence-electron chi connectivity index (χ2n) is 6.49. The number of nitrogens with zero attached hydrogens (tertiary/aromatic N) is 2. The van der Waals surface area contributed by atoms with Crippen molar-refractivity contribution in [3.63, 3.8) is 0 Å². The summed E-state index contributed by atoms with van der Waals surface area (Å²) in [5, 5.41) is 4.28. The van der Waals surface area contributed by atoms with E-state index in [1.165, 1.54) is 0 Å². The first kappa shape index (κ1) is 18.6. The maximum absolute atomic E-state index is 13.0. The van der Waals surface area contributed by atoms with Gasteiger partial charge in [-0.2, -0.15) is 0 Å². The highest BCUT2D eigenvalue weighted by atomic mass is 35.5. The summed E-state index contributed by atoms with van der Waals surface area (Å²) < 4.78 is 7.58. The Kier molecular flexibility index (Phi) is 5.11. The van der Waals surface area contributed by atoms with Crippen molar-refractivity contribution < 1.29 is 9.53 Å². The molecule has 1 aliphatic heterocycles. The quantitative estimate of drug-likeness (QED) is 0.688. The van der Waals surface area contributed by atoms with E-state index in [1.807, 2.05) is 29.9 Å². The molecule has 1 aromatic heterocycles. The lowest BCUT2D eigenvalue weighted by Crippen LogP contribution is -2.34. The van der Waals surface area contributed by atoms with Gasteiger partial charge in [0.15, 0.2) is 0 Å². The molecule has 0 unspecified atom stereocenters. The molecule has 1 aliphatic rings. The lowest BCUT2D eigenvalue weighted by atomic mass is 10.0. The molecule has 7 heteroatoms. The number of carbonyl (C=O) groups is 1. The lowest BCUT2D eigenvalue weighted by molar-refractivity contribution is -0.118. The minimum absolute atomic E-state index is 0.189. The van der Waals surface area contributed by atoms with E-state index >= 15 is 0 Å². The maximum Gasteiger partial charge on any atom is 0.251 e. The third-order valence-corrected chi connectivity index (χ3v) is 5.06. The van der Waals surface area contributed by atoms with Gasteiger partial charge < -0.3 is 14.6 Å². The van der Waals surface area contributed by atoms with Gasteiger partial charge in [0.05, 0.1) is 5.57 Å². The van der Waals surface area contributed by atoms with Gasteiger partial charge in [-0.15, -0.1) is 0 Å². The third-order valence-electron chi connectivity index (χ3n) is 4.57. The highest BCUT2D eigenvalue weighted by molar-refractivity contribution is 6.31. The van der Waals surface area contributed by atoms with Crippen LogP contribution in [0.5, 0.6) is 5.75 Å². The standard InChI is InChI=1S/C21H17Cl2N3O2/c1-26-9-8-24-20(26)19(13-2-4-16(22)5-3-13)25-21(27)15-10-14-11-17(23)6-7-18(14)28-12-15/h2-11,19H,12H2,1H3,(H,25,27)/t19-/m0/s1. The van der Waals surface area contributed by atoms with Crippen LogP contribution in [0.4, 0.5) is 0 Å². The monoisotopic (exact) mass is 413 g/mol. The Bertz CT molecular complexity index is 1060. The van der Waals surface area contributed by atoms with Crippen LogP contribution in [0.3, 0.4) is 0 Å². The summed E-state index contributed by atoms with van der Waals surface area (Å²) in [5.41, 5.74) is 2.18. The Morgan fingerprint density at radius 1 is 1.18 bits per heavy atom. The molecule has 1 N–H and O–H groups in total. The molecule has 0 bridgehead atoms. The number of halogens is 2. The second kappa shape index (κ2) is 7.70. The first-order valence-electron chi connectivity index (χ1n) is 8.68. The Morgan fingerprint density at radius 2 is 1.93 bits per heavy atom. The van der Waals surface area contributed by atoms with Gasteiger partial charge in [-0.1, -0.05) is 35.3 Å². The van der Waals surface area contributed by atoms with Gasteiger partial charge >= 0.3 is 0 Å². The van der Waals surface area contributed by atoms with Crippen molar-refractivity contribution in [2.24, 2.45) is 7.05 Å².